The largest absolute Gasteiger partial charge is 0.311 e. The van der Waals surface area contributed by atoms with Crippen molar-refractivity contribution >= 4 is 43.4 Å². The molecule has 0 amide bonds. The fraction of sp³-hybridized carbons (Fsp3) is 0. The number of hydrogen-bond acceptors (Lipinski definition) is 5. The summed E-state index contributed by atoms with van der Waals surface area (Å²) in [6.45, 7) is 0. The Labute approximate surface area is 203 Å². The van der Waals surface area contributed by atoms with Gasteiger partial charge < -0.3 is 0 Å². The SMILES string of the molecule is O=S(=O)(OS(=O)(=O)c1cccc(Cl)c1)c1cccc(Cl)c1.c1ccc(-c2ccccc2)cc1. The van der Waals surface area contributed by atoms with E-state index in [1.807, 2.05) is 12.1 Å². The van der Waals surface area contributed by atoms with Crippen molar-refractivity contribution in [1.82, 2.24) is 0 Å². The van der Waals surface area contributed by atoms with Crippen LogP contribution in [0.5, 0.6) is 0 Å². The molecule has 0 bridgehead atoms. The molecule has 0 fully saturated rings. The molecule has 0 N–H and O–H groups in total. The Morgan fingerprint density at radius 1 is 0.485 bits per heavy atom. The quantitative estimate of drug-likeness (QED) is 0.302. The first-order valence-electron chi connectivity index (χ1n) is 9.50. The maximum absolute atomic E-state index is 12.0. The molecule has 0 saturated carbocycles. The molecule has 33 heavy (non-hydrogen) atoms. The average Bonchev–Trinajstić information content (AvgIpc) is 2.80. The molecule has 170 valence electrons. The van der Waals surface area contributed by atoms with E-state index in [1.54, 1.807) is 0 Å². The summed E-state index contributed by atoms with van der Waals surface area (Å²) in [5, 5.41) is 0.277. The summed E-state index contributed by atoms with van der Waals surface area (Å²) in [5.74, 6) is 0. The van der Waals surface area contributed by atoms with Gasteiger partial charge in [0.05, 0.1) is 9.79 Å². The van der Waals surface area contributed by atoms with Crippen LogP contribution in [0.3, 0.4) is 0 Å². The van der Waals surface area contributed by atoms with Crippen LogP contribution in [-0.2, 0) is 23.9 Å². The lowest BCUT2D eigenvalue weighted by Gasteiger charge is -2.07. The van der Waals surface area contributed by atoms with Crippen molar-refractivity contribution in [3.05, 3.63) is 119 Å². The number of benzene rings is 4. The number of hydrogen-bond donors (Lipinski definition) is 0. The molecule has 4 aromatic rings. The van der Waals surface area contributed by atoms with Crippen LogP contribution >= 0.6 is 23.2 Å². The lowest BCUT2D eigenvalue weighted by Crippen LogP contribution is -2.14. The van der Waals surface area contributed by atoms with E-state index in [0.717, 1.165) is 12.1 Å². The second-order valence-electron chi connectivity index (χ2n) is 6.62. The second kappa shape index (κ2) is 11.0. The Balaban J connectivity index is 0.000000215. The topological polar surface area (TPSA) is 77.5 Å². The van der Waals surface area contributed by atoms with Gasteiger partial charge in [-0.05, 0) is 47.5 Å². The fourth-order valence-corrected chi connectivity index (χ4v) is 5.82. The van der Waals surface area contributed by atoms with Crippen LogP contribution in [0.25, 0.3) is 11.1 Å². The number of halogens is 2. The van der Waals surface area contributed by atoms with Gasteiger partial charge in [0.15, 0.2) is 0 Å². The smallest absolute Gasteiger partial charge is 0.193 e. The van der Waals surface area contributed by atoms with Crippen LogP contribution in [-0.4, -0.2) is 16.8 Å². The standard InChI is InChI=1S/C12H8Cl2O5S2.C12H10/c13-9-3-1-5-11(7-9)20(15,16)19-21(17,18)12-6-2-4-10(14)8-12;1-3-7-11(8-4-1)12-9-5-2-6-10-12/h1-8H;1-10H. The van der Waals surface area contributed by atoms with E-state index >= 15 is 0 Å². The molecule has 0 aliphatic carbocycles. The lowest BCUT2D eigenvalue weighted by atomic mass is 10.1. The maximum atomic E-state index is 12.0. The van der Waals surface area contributed by atoms with E-state index < -0.39 is 20.2 Å². The third-order valence-electron chi connectivity index (χ3n) is 4.23. The molecular formula is C24H18Cl2O5S2. The van der Waals surface area contributed by atoms with E-state index in [0.29, 0.717) is 0 Å². The van der Waals surface area contributed by atoms with Crippen molar-refractivity contribution in [2.45, 2.75) is 9.79 Å². The zero-order chi connectivity index (χ0) is 23.9. The molecule has 0 aliphatic heterocycles. The summed E-state index contributed by atoms with van der Waals surface area (Å²) in [5.41, 5.74) is 2.55. The van der Waals surface area contributed by atoms with Gasteiger partial charge in [0.2, 0.25) is 0 Å². The molecule has 0 aliphatic rings. The summed E-state index contributed by atoms with van der Waals surface area (Å²) in [6.07, 6.45) is 0. The van der Waals surface area contributed by atoms with Crippen LogP contribution < -0.4 is 0 Å². The zero-order valence-electron chi connectivity index (χ0n) is 17.0. The van der Waals surface area contributed by atoms with Crippen LogP contribution in [0.1, 0.15) is 0 Å². The Kier molecular flexibility index (Phi) is 8.29. The summed E-state index contributed by atoms with van der Waals surface area (Å²) in [4.78, 5) is -0.721. The van der Waals surface area contributed by atoms with Crippen molar-refractivity contribution in [2.24, 2.45) is 0 Å². The minimum atomic E-state index is -4.52. The van der Waals surface area contributed by atoms with Crippen LogP contribution in [0.2, 0.25) is 10.0 Å². The number of rotatable bonds is 5. The first-order chi connectivity index (χ1) is 15.7. The Morgan fingerprint density at radius 2 is 0.848 bits per heavy atom. The molecule has 4 rings (SSSR count). The van der Waals surface area contributed by atoms with Crippen LogP contribution in [0.15, 0.2) is 119 Å². The molecule has 0 aromatic heterocycles. The van der Waals surface area contributed by atoms with Crippen molar-refractivity contribution in [3.63, 3.8) is 0 Å². The average molecular weight is 521 g/mol. The van der Waals surface area contributed by atoms with Crippen molar-refractivity contribution in [2.75, 3.05) is 0 Å². The normalized spacial score (nSPS) is 11.3. The molecule has 5 nitrogen and oxygen atoms in total. The fourth-order valence-electron chi connectivity index (χ4n) is 2.70. The van der Waals surface area contributed by atoms with E-state index in [1.165, 1.54) is 47.5 Å². The summed E-state index contributed by atoms with van der Waals surface area (Å²) in [6, 6.07) is 30.9. The highest BCUT2D eigenvalue weighted by Crippen LogP contribution is 2.24. The zero-order valence-corrected chi connectivity index (χ0v) is 20.2. The highest BCUT2D eigenvalue weighted by Gasteiger charge is 2.27. The van der Waals surface area contributed by atoms with Crippen LogP contribution in [0, 0.1) is 0 Å². The Morgan fingerprint density at radius 3 is 1.18 bits per heavy atom. The van der Waals surface area contributed by atoms with Gasteiger partial charge in [0.1, 0.15) is 0 Å². The Bertz CT molecular complexity index is 1310. The van der Waals surface area contributed by atoms with E-state index in [4.69, 9.17) is 23.2 Å². The minimum Gasteiger partial charge on any atom is -0.193 e. The van der Waals surface area contributed by atoms with Crippen molar-refractivity contribution < 1.29 is 20.5 Å². The summed E-state index contributed by atoms with van der Waals surface area (Å²) in [7, 11) is -9.03. The van der Waals surface area contributed by atoms with Gasteiger partial charge in [-0.25, -0.2) is 0 Å². The highest BCUT2D eigenvalue weighted by molar-refractivity contribution is 7.99. The molecule has 0 unspecified atom stereocenters. The molecule has 0 spiro atoms. The van der Waals surface area contributed by atoms with Gasteiger partial charge in [-0.1, -0.05) is 96.0 Å². The molecule has 0 radical (unpaired) electrons. The molecule has 4 aromatic carbocycles. The molecular weight excluding hydrogens is 503 g/mol. The van der Waals surface area contributed by atoms with Gasteiger partial charge in [0.25, 0.3) is 0 Å². The predicted molar refractivity (Wildman–Crippen MR) is 130 cm³/mol. The minimum absolute atomic E-state index is 0.139. The monoisotopic (exact) mass is 520 g/mol. The lowest BCUT2D eigenvalue weighted by molar-refractivity contribution is 0.461. The third-order valence-corrected chi connectivity index (χ3v) is 7.80. The first-order valence-corrected chi connectivity index (χ1v) is 13.1. The van der Waals surface area contributed by atoms with E-state index in [9.17, 15) is 16.8 Å². The third kappa shape index (κ3) is 7.15. The summed E-state index contributed by atoms with van der Waals surface area (Å²) >= 11 is 11.3. The molecule has 0 heterocycles. The second-order valence-corrected chi connectivity index (χ2v) is 10.8. The highest BCUT2D eigenvalue weighted by atomic mass is 35.5. The van der Waals surface area contributed by atoms with Gasteiger partial charge in [-0.15, -0.1) is 3.63 Å². The first kappa shape index (κ1) is 25.0. The van der Waals surface area contributed by atoms with Crippen molar-refractivity contribution in [3.8, 4) is 11.1 Å². The maximum Gasteiger partial charge on any atom is 0.311 e. The van der Waals surface area contributed by atoms with Gasteiger partial charge in [-0.2, -0.15) is 16.8 Å². The molecule has 0 atom stereocenters. The predicted octanol–water partition coefficient (Wildman–Crippen LogP) is 6.44. The molecule has 9 heteroatoms. The van der Waals surface area contributed by atoms with E-state index in [-0.39, 0.29) is 19.8 Å². The van der Waals surface area contributed by atoms with Gasteiger partial charge >= 0.3 is 20.2 Å². The Hall–Kier alpha value is -2.68. The van der Waals surface area contributed by atoms with E-state index in [2.05, 4.69) is 52.2 Å². The van der Waals surface area contributed by atoms with Crippen LogP contribution in [0.4, 0.5) is 0 Å². The van der Waals surface area contributed by atoms with Gasteiger partial charge in [-0.3, -0.25) is 0 Å². The summed E-state index contributed by atoms with van der Waals surface area (Å²) < 4.78 is 52.2. The molecule has 0 saturated heterocycles. The van der Waals surface area contributed by atoms with Crippen molar-refractivity contribution in [1.29, 1.82) is 0 Å². The van der Waals surface area contributed by atoms with Gasteiger partial charge in [0, 0.05) is 10.0 Å².